The van der Waals surface area contributed by atoms with E-state index in [4.69, 9.17) is 4.52 Å². The van der Waals surface area contributed by atoms with Crippen LogP contribution in [0.1, 0.15) is 12.0 Å². The van der Waals surface area contributed by atoms with E-state index in [0.29, 0.717) is 5.30 Å². The van der Waals surface area contributed by atoms with Crippen molar-refractivity contribution in [3.63, 3.8) is 0 Å². The molecule has 0 aliphatic heterocycles. The number of rotatable bonds is 6. The van der Waals surface area contributed by atoms with Gasteiger partial charge in [-0.1, -0.05) is 30.9 Å². The van der Waals surface area contributed by atoms with Crippen molar-refractivity contribution in [3.8, 4) is 0 Å². The maximum atomic E-state index is 12.7. The fourth-order valence-electron chi connectivity index (χ4n) is 1.62. The molecular weight excluding hydrogens is 251 g/mol. The Morgan fingerprint density at radius 1 is 1.39 bits per heavy atom. The van der Waals surface area contributed by atoms with Gasteiger partial charge < -0.3 is 9.26 Å². The third-order valence-electron chi connectivity index (χ3n) is 2.66. The molecule has 0 heterocycles. The second-order valence-electron chi connectivity index (χ2n) is 3.67. The van der Waals surface area contributed by atoms with Gasteiger partial charge in [-0.15, -0.1) is 0 Å². The molecule has 4 nitrogen and oxygen atoms in total. The Kier molecular flexibility index (Phi) is 5.32. The molecule has 1 atom stereocenters. The molecule has 5 heteroatoms. The quantitative estimate of drug-likeness (QED) is 0.587. The summed E-state index contributed by atoms with van der Waals surface area (Å²) in [6.07, 6.45) is 1.81. The van der Waals surface area contributed by atoms with Crippen molar-refractivity contribution in [1.82, 2.24) is 0 Å². The molecule has 98 valence electrons. The molecule has 0 bridgehead atoms. The molecule has 0 radical (unpaired) electrons. The molecule has 0 amide bonds. The van der Waals surface area contributed by atoms with E-state index in [0.717, 1.165) is 5.56 Å². The Labute approximate surface area is 107 Å². The highest BCUT2D eigenvalue weighted by Crippen LogP contribution is 2.46. The summed E-state index contributed by atoms with van der Waals surface area (Å²) < 4.78 is 22.4. The summed E-state index contributed by atoms with van der Waals surface area (Å²) in [5, 5.41) is 0.589. The molecule has 1 rings (SSSR count). The van der Waals surface area contributed by atoms with Crippen LogP contribution in [0.3, 0.4) is 0 Å². The number of ether oxygens (including phenoxy) is 1. The minimum Gasteiger partial charge on any atom is -0.469 e. The fourth-order valence-corrected chi connectivity index (χ4v) is 3.59. The Bertz CT molecular complexity index is 482. The average molecular weight is 268 g/mol. The number of esters is 1. The van der Waals surface area contributed by atoms with Crippen LogP contribution in [-0.4, -0.2) is 26.4 Å². The first-order chi connectivity index (χ1) is 8.57. The smallest absolute Gasteiger partial charge is 0.306 e. The predicted molar refractivity (Wildman–Crippen MR) is 72.3 cm³/mol. The van der Waals surface area contributed by atoms with Gasteiger partial charge in [0.15, 0.2) is 0 Å². The zero-order valence-electron chi connectivity index (χ0n) is 10.6. The van der Waals surface area contributed by atoms with Crippen LogP contribution in [0.25, 0.3) is 6.08 Å². The summed E-state index contributed by atoms with van der Waals surface area (Å²) in [4.78, 5) is 11.1. The first kappa shape index (κ1) is 14.7. The normalized spacial score (nSPS) is 13.7. The van der Waals surface area contributed by atoms with Crippen LogP contribution in [-0.2, 0) is 18.6 Å². The predicted octanol–water partition coefficient (Wildman–Crippen LogP) is 2.44. The summed E-state index contributed by atoms with van der Waals surface area (Å²) in [6, 6.07) is 7.16. The largest absolute Gasteiger partial charge is 0.469 e. The summed E-state index contributed by atoms with van der Waals surface area (Å²) in [5.74, 6) is -0.400. The van der Waals surface area contributed by atoms with E-state index in [1.165, 1.54) is 14.2 Å². The van der Waals surface area contributed by atoms with Gasteiger partial charge in [0.2, 0.25) is 7.37 Å². The molecule has 18 heavy (non-hydrogen) atoms. The van der Waals surface area contributed by atoms with Gasteiger partial charge in [0.05, 0.1) is 13.5 Å². The zero-order valence-corrected chi connectivity index (χ0v) is 11.5. The lowest BCUT2D eigenvalue weighted by Crippen LogP contribution is -2.15. The second kappa shape index (κ2) is 6.53. The van der Waals surface area contributed by atoms with Gasteiger partial charge in [-0.2, -0.15) is 0 Å². The zero-order chi connectivity index (χ0) is 13.6. The van der Waals surface area contributed by atoms with Gasteiger partial charge in [0, 0.05) is 18.6 Å². The molecule has 0 aliphatic rings. The van der Waals surface area contributed by atoms with E-state index in [-0.39, 0.29) is 12.6 Å². The molecule has 0 saturated heterocycles. The van der Waals surface area contributed by atoms with Gasteiger partial charge in [-0.3, -0.25) is 9.36 Å². The summed E-state index contributed by atoms with van der Waals surface area (Å²) >= 11 is 0. The Morgan fingerprint density at radius 2 is 2.06 bits per heavy atom. The number of hydrogen-bond donors (Lipinski definition) is 0. The lowest BCUT2D eigenvalue weighted by Gasteiger charge is -2.18. The topological polar surface area (TPSA) is 52.6 Å². The van der Waals surface area contributed by atoms with Gasteiger partial charge >= 0.3 is 5.97 Å². The lowest BCUT2D eigenvalue weighted by atomic mass is 10.2. The third kappa shape index (κ3) is 3.31. The van der Waals surface area contributed by atoms with Crippen molar-refractivity contribution in [2.75, 3.05) is 20.4 Å². The molecule has 1 aromatic carbocycles. The van der Waals surface area contributed by atoms with Crippen molar-refractivity contribution in [3.05, 3.63) is 36.4 Å². The number of methoxy groups -OCH3 is 1. The van der Waals surface area contributed by atoms with Crippen LogP contribution in [0, 0.1) is 0 Å². The fraction of sp³-hybridized carbons (Fsp3) is 0.308. The average Bonchev–Trinajstić information content (AvgIpc) is 2.44. The molecule has 0 fully saturated rings. The Balaban J connectivity index is 3.03. The minimum absolute atomic E-state index is 0.0626. The summed E-state index contributed by atoms with van der Waals surface area (Å²) in [6.45, 7) is 3.68. The minimum atomic E-state index is -3.05. The summed E-state index contributed by atoms with van der Waals surface area (Å²) in [5.41, 5.74) is 0.757. The number of carbonyl (C=O) groups is 1. The van der Waals surface area contributed by atoms with Crippen molar-refractivity contribution in [2.24, 2.45) is 0 Å². The van der Waals surface area contributed by atoms with Crippen molar-refractivity contribution in [1.29, 1.82) is 0 Å². The van der Waals surface area contributed by atoms with Crippen molar-refractivity contribution >= 4 is 24.7 Å². The summed E-state index contributed by atoms with van der Waals surface area (Å²) in [7, 11) is -0.356. The standard InChI is InChI=1S/C13H17O4P/c1-4-11-7-5-6-8-12(11)18(15,17-3)10-9-13(14)16-2/h4-8H,1,9-10H2,2-3H3. The molecule has 0 aromatic heterocycles. The van der Waals surface area contributed by atoms with E-state index < -0.39 is 13.3 Å². The highest BCUT2D eigenvalue weighted by atomic mass is 31.2. The first-order valence-corrected chi connectivity index (χ1v) is 7.32. The van der Waals surface area contributed by atoms with Gasteiger partial charge in [0.25, 0.3) is 0 Å². The van der Waals surface area contributed by atoms with E-state index in [1.54, 1.807) is 18.2 Å². The van der Waals surface area contributed by atoms with Crippen LogP contribution >= 0.6 is 7.37 Å². The first-order valence-electron chi connectivity index (χ1n) is 5.51. The molecule has 0 saturated carbocycles. The highest BCUT2D eigenvalue weighted by molar-refractivity contribution is 7.67. The molecular formula is C13H17O4P. The monoisotopic (exact) mass is 268 g/mol. The maximum absolute atomic E-state index is 12.7. The van der Waals surface area contributed by atoms with Crippen LogP contribution in [0.15, 0.2) is 30.8 Å². The van der Waals surface area contributed by atoms with E-state index in [9.17, 15) is 9.36 Å². The SMILES string of the molecule is C=Cc1ccccc1P(=O)(CCC(=O)OC)OC. The maximum Gasteiger partial charge on any atom is 0.306 e. The van der Waals surface area contributed by atoms with Gasteiger partial charge in [-0.25, -0.2) is 0 Å². The Hall–Kier alpha value is -1.38. The lowest BCUT2D eigenvalue weighted by molar-refractivity contribution is -0.140. The molecule has 0 N–H and O–H groups in total. The molecule has 1 unspecified atom stereocenters. The van der Waals surface area contributed by atoms with Crippen LogP contribution < -0.4 is 5.30 Å². The van der Waals surface area contributed by atoms with Gasteiger partial charge in [-0.05, 0) is 11.6 Å². The number of hydrogen-bond acceptors (Lipinski definition) is 4. The van der Waals surface area contributed by atoms with Crippen LogP contribution in [0.5, 0.6) is 0 Å². The second-order valence-corrected chi connectivity index (χ2v) is 6.31. The van der Waals surface area contributed by atoms with Crippen LogP contribution in [0.2, 0.25) is 0 Å². The number of carbonyl (C=O) groups excluding carboxylic acids is 1. The van der Waals surface area contributed by atoms with E-state index in [1.807, 2.05) is 12.1 Å². The van der Waals surface area contributed by atoms with Crippen molar-refractivity contribution in [2.45, 2.75) is 6.42 Å². The van der Waals surface area contributed by atoms with Gasteiger partial charge in [0.1, 0.15) is 0 Å². The number of benzene rings is 1. The van der Waals surface area contributed by atoms with E-state index in [2.05, 4.69) is 11.3 Å². The van der Waals surface area contributed by atoms with Crippen molar-refractivity contribution < 1.29 is 18.6 Å². The third-order valence-corrected chi connectivity index (χ3v) is 5.20. The molecule has 0 aliphatic carbocycles. The Morgan fingerprint density at radius 3 is 2.61 bits per heavy atom. The van der Waals surface area contributed by atoms with Crippen LogP contribution in [0.4, 0.5) is 0 Å². The highest BCUT2D eigenvalue weighted by Gasteiger charge is 2.27. The molecule has 1 aromatic rings. The van der Waals surface area contributed by atoms with E-state index >= 15 is 0 Å². The molecule has 0 spiro atoms.